The minimum atomic E-state index is 0.917. The first-order chi connectivity index (χ1) is 8.91. The Bertz CT molecular complexity index is 585. The highest BCUT2D eigenvalue weighted by Gasteiger charge is 2.13. The maximum atomic E-state index is 6.08. The van der Waals surface area contributed by atoms with Crippen molar-refractivity contribution in [1.29, 1.82) is 0 Å². The standard InChI is InChI=1S/C12H4I6O/c13-5-1-3-7(11(17)9(5)15)19-8-4-2-6(14)10(16)12(8)18/h1-4H. The average molecular weight is 926 g/mol. The molecule has 0 aliphatic heterocycles. The quantitative estimate of drug-likeness (QED) is 0.231. The second-order valence-corrected chi connectivity index (χ2v) is 10.1. The fourth-order valence-corrected chi connectivity index (χ4v) is 5.28. The van der Waals surface area contributed by atoms with Gasteiger partial charge in [-0.2, -0.15) is 0 Å². The van der Waals surface area contributed by atoms with Gasteiger partial charge in [-0.1, -0.05) is 0 Å². The van der Waals surface area contributed by atoms with E-state index < -0.39 is 0 Å². The Morgan fingerprint density at radius 2 is 0.895 bits per heavy atom. The van der Waals surface area contributed by atoms with Crippen LogP contribution in [0.15, 0.2) is 24.3 Å². The molecule has 2 aromatic rings. The Morgan fingerprint density at radius 1 is 0.526 bits per heavy atom. The monoisotopic (exact) mass is 925 g/mol. The minimum Gasteiger partial charge on any atom is -0.455 e. The summed E-state index contributed by atoms with van der Waals surface area (Å²) in [6.07, 6.45) is 0. The van der Waals surface area contributed by atoms with Crippen LogP contribution < -0.4 is 4.74 Å². The maximum absolute atomic E-state index is 6.08. The highest BCUT2D eigenvalue weighted by Crippen LogP contribution is 2.36. The molecule has 100 valence electrons. The smallest absolute Gasteiger partial charge is 0.141 e. The molecule has 19 heavy (non-hydrogen) atoms. The second kappa shape index (κ2) is 7.94. The van der Waals surface area contributed by atoms with E-state index >= 15 is 0 Å². The molecule has 0 aliphatic rings. The fraction of sp³-hybridized carbons (Fsp3) is 0. The van der Waals surface area contributed by atoms with Crippen molar-refractivity contribution in [3.63, 3.8) is 0 Å². The van der Waals surface area contributed by atoms with Gasteiger partial charge in [-0.15, -0.1) is 0 Å². The van der Waals surface area contributed by atoms with Gasteiger partial charge in [-0.05, 0) is 160 Å². The highest BCUT2D eigenvalue weighted by molar-refractivity contribution is 14.1. The molecule has 0 aromatic heterocycles. The van der Waals surface area contributed by atoms with Crippen molar-refractivity contribution >= 4 is 136 Å². The van der Waals surface area contributed by atoms with Crippen LogP contribution in [0.5, 0.6) is 11.5 Å². The molecule has 0 unspecified atom stereocenters. The van der Waals surface area contributed by atoms with E-state index in [0.29, 0.717) is 0 Å². The number of hydrogen-bond donors (Lipinski definition) is 0. The first kappa shape index (κ1) is 18.0. The lowest BCUT2D eigenvalue weighted by atomic mass is 10.3. The van der Waals surface area contributed by atoms with Crippen LogP contribution in [-0.2, 0) is 0 Å². The van der Waals surface area contributed by atoms with Gasteiger partial charge in [0.1, 0.15) is 11.5 Å². The van der Waals surface area contributed by atoms with Gasteiger partial charge in [0.15, 0.2) is 0 Å². The van der Waals surface area contributed by atoms with Crippen molar-refractivity contribution < 1.29 is 4.74 Å². The van der Waals surface area contributed by atoms with Gasteiger partial charge in [0.25, 0.3) is 0 Å². The minimum absolute atomic E-state index is 0.917. The zero-order valence-corrected chi connectivity index (χ0v) is 21.9. The van der Waals surface area contributed by atoms with Crippen molar-refractivity contribution in [2.45, 2.75) is 0 Å². The molecule has 0 amide bonds. The van der Waals surface area contributed by atoms with Crippen LogP contribution in [0.25, 0.3) is 0 Å². The summed E-state index contributed by atoms with van der Waals surface area (Å²) < 4.78 is 13.4. The third kappa shape index (κ3) is 4.33. The normalized spacial score (nSPS) is 10.6. The van der Waals surface area contributed by atoms with Crippen LogP contribution in [-0.4, -0.2) is 0 Å². The van der Waals surface area contributed by atoms with Gasteiger partial charge in [0.2, 0.25) is 0 Å². The van der Waals surface area contributed by atoms with Crippen LogP contribution in [0, 0.1) is 21.4 Å². The third-order valence-electron chi connectivity index (χ3n) is 2.22. The van der Waals surface area contributed by atoms with E-state index in [1.165, 1.54) is 14.3 Å². The average Bonchev–Trinajstić information content (AvgIpc) is 2.39. The molecule has 2 aromatic carbocycles. The van der Waals surface area contributed by atoms with Crippen LogP contribution in [0.3, 0.4) is 0 Å². The molecule has 7 heteroatoms. The Labute approximate surface area is 193 Å². The van der Waals surface area contributed by atoms with E-state index in [-0.39, 0.29) is 0 Å². The molecule has 0 heterocycles. The van der Waals surface area contributed by atoms with E-state index in [1.807, 2.05) is 12.1 Å². The van der Waals surface area contributed by atoms with Gasteiger partial charge in [0.05, 0.1) is 7.14 Å². The van der Waals surface area contributed by atoms with E-state index in [2.05, 4.69) is 148 Å². The first-order valence-corrected chi connectivity index (χ1v) is 11.3. The highest BCUT2D eigenvalue weighted by atomic mass is 127. The van der Waals surface area contributed by atoms with Crippen LogP contribution >= 0.6 is 136 Å². The molecule has 0 atom stereocenters. The van der Waals surface area contributed by atoms with Crippen LogP contribution in [0.4, 0.5) is 0 Å². The van der Waals surface area contributed by atoms with Gasteiger partial charge < -0.3 is 4.74 Å². The van der Waals surface area contributed by atoms with Gasteiger partial charge in [-0.3, -0.25) is 0 Å². The summed E-state index contributed by atoms with van der Waals surface area (Å²) in [4.78, 5) is 0. The molecule has 2 rings (SSSR count). The molecule has 0 bridgehead atoms. The fourth-order valence-electron chi connectivity index (χ4n) is 1.29. The zero-order chi connectivity index (χ0) is 14.2. The molecule has 0 fully saturated rings. The molecule has 0 spiro atoms. The van der Waals surface area contributed by atoms with Crippen molar-refractivity contribution in [2.24, 2.45) is 0 Å². The van der Waals surface area contributed by atoms with Gasteiger partial charge >= 0.3 is 0 Å². The molecule has 0 saturated carbocycles. The lowest BCUT2D eigenvalue weighted by molar-refractivity contribution is 0.474. The SMILES string of the molecule is Ic1ccc(Oc2ccc(I)c(I)c2I)c(I)c1I. The number of ether oxygens (including phenoxy) is 1. The Kier molecular flexibility index (Phi) is 7.51. The third-order valence-corrected chi connectivity index (χ3v) is 12.5. The number of rotatable bonds is 2. The maximum Gasteiger partial charge on any atom is 0.141 e. The number of benzene rings is 2. The summed E-state index contributed by atoms with van der Waals surface area (Å²) in [6.45, 7) is 0. The molecule has 0 aliphatic carbocycles. The summed E-state index contributed by atoms with van der Waals surface area (Å²) in [7, 11) is 0. The van der Waals surface area contributed by atoms with Crippen molar-refractivity contribution in [3.05, 3.63) is 45.7 Å². The van der Waals surface area contributed by atoms with E-state index in [9.17, 15) is 0 Å². The van der Waals surface area contributed by atoms with E-state index in [0.717, 1.165) is 18.6 Å². The summed E-state index contributed by atoms with van der Waals surface area (Å²) >= 11 is 14.1. The molecule has 0 radical (unpaired) electrons. The lowest BCUT2D eigenvalue weighted by Gasteiger charge is -2.12. The van der Waals surface area contributed by atoms with Crippen molar-refractivity contribution in [2.75, 3.05) is 0 Å². The number of halogens is 6. The zero-order valence-electron chi connectivity index (χ0n) is 8.99. The summed E-state index contributed by atoms with van der Waals surface area (Å²) in [6, 6.07) is 8.24. The summed E-state index contributed by atoms with van der Waals surface area (Å²) in [5.74, 6) is 1.83. The van der Waals surface area contributed by atoms with Crippen LogP contribution in [0.2, 0.25) is 0 Å². The second-order valence-electron chi connectivity index (χ2n) is 3.45. The lowest BCUT2D eigenvalue weighted by Crippen LogP contribution is -1.96. The Hall–Kier alpha value is 2.62. The van der Waals surface area contributed by atoms with Crippen molar-refractivity contribution in [3.8, 4) is 11.5 Å². The van der Waals surface area contributed by atoms with E-state index in [1.54, 1.807) is 0 Å². The van der Waals surface area contributed by atoms with Gasteiger partial charge in [-0.25, -0.2) is 0 Å². The van der Waals surface area contributed by atoms with Crippen molar-refractivity contribution in [1.82, 2.24) is 0 Å². The van der Waals surface area contributed by atoms with E-state index in [4.69, 9.17) is 4.74 Å². The first-order valence-electron chi connectivity index (χ1n) is 4.86. The molecule has 1 nitrogen and oxygen atoms in total. The largest absolute Gasteiger partial charge is 0.455 e. The number of hydrogen-bond acceptors (Lipinski definition) is 1. The summed E-state index contributed by atoms with van der Waals surface area (Å²) in [5.41, 5.74) is 0. The topological polar surface area (TPSA) is 9.23 Å². The Morgan fingerprint density at radius 3 is 1.26 bits per heavy atom. The molecule has 0 N–H and O–H groups in total. The molecule has 0 saturated heterocycles. The van der Waals surface area contributed by atoms with Gasteiger partial charge in [0, 0.05) is 14.3 Å². The predicted octanol–water partition coefficient (Wildman–Crippen LogP) is 7.11. The Balaban J connectivity index is 2.43. The molecular weight excluding hydrogens is 922 g/mol. The van der Waals surface area contributed by atoms with Crippen LogP contribution in [0.1, 0.15) is 0 Å². The predicted molar refractivity (Wildman–Crippen MR) is 129 cm³/mol. The molecular formula is C12H4I6O. The summed E-state index contributed by atoms with van der Waals surface area (Å²) in [5, 5.41) is 0.